The molecule has 1 heterocycles. The number of anilines is 2. The number of hydrogen-bond donors (Lipinski definition) is 2. The van der Waals surface area contributed by atoms with E-state index in [-0.39, 0.29) is 0 Å². The molecule has 3 rings (SSSR count). The summed E-state index contributed by atoms with van der Waals surface area (Å²) in [4.78, 5) is 3.38. The standard InChI is InChI=1S/C14H17N3S/c1-17(2)10-4-6-12-14(8-10)18-13-7-9(15)3-5-11(13)16-12/h3-8,12,14,16H,15H2,1-2H3. The van der Waals surface area contributed by atoms with Gasteiger partial charge in [-0.15, -0.1) is 11.8 Å². The molecule has 0 amide bonds. The van der Waals surface area contributed by atoms with Gasteiger partial charge in [0.15, 0.2) is 0 Å². The first-order valence-electron chi connectivity index (χ1n) is 6.03. The normalized spacial score (nSPS) is 24.7. The average molecular weight is 259 g/mol. The molecule has 0 bridgehead atoms. The maximum absolute atomic E-state index is 5.85. The van der Waals surface area contributed by atoms with Crippen LogP contribution in [0.15, 0.2) is 47.0 Å². The number of allylic oxidation sites excluding steroid dienone is 1. The van der Waals surface area contributed by atoms with Crippen LogP contribution in [-0.4, -0.2) is 30.3 Å². The summed E-state index contributed by atoms with van der Waals surface area (Å²) in [5, 5.41) is 3.99. The monoisotopic (exact) mass is 259 g/mol. The molecule has 18 heavy (non-hydrogen) atoms. The van der Waals surface area contributed by atoms with Crippen LogP contribution < -0.4 is 11.1 Å². The zero-order chi connectivity index (χ0) is 12.7. The second-order valence-electron chi connectivity index (χ2n) is 4.85. The number of nitrogen functional groups attached to an aromatic ring is 1. The second kappa shape index (κ2) is 4.28. The molecule has 0 saturated heterocycles. The van der Waals surface area contributed by atoms with Crippen molar-refractivity contribution in [3.8, 4) is 0 Å². The minimum atomic E-state index is 0.370. The number of fused-ring (bicyclic) bond motifs is 2. The third-order valence-electron chi connectivity index (χ3n) is 3.27. The molecule has 94 valence electrons. The topological polar surface area (TPSA) is 41.3 Å². The maximum atomic E-state index is 5.85. The summed E-state index contributed by atoms with van der Waals surface area (Å²) in [6.45, 7) is 0. The summed E-state index contributed by atoms with van der Waals surface area (Å²) in [6.07, 6.45) is 6.73. The molecule has 0 spiro atoms. The zero-order valence-electron chi connectivity index (χ0n) is 10.6. The van der Waals surface area contributed by atoms with Gasteiger partial charge >= 0.3 is 0 Å². The van der Waals surface area contributed by atoms with E-state index in [1.165, 1.54) is 16.3 Å². The van der Waals surface area contributed by atoms with Gasteiger partial charge in [-0.2, -0.15) is 0 Å². The van der Waals surface area contributed by atoms with Gasteiger partial charge in [-0.05, 0) is 30.4 Å². The Bertz CT molecular complexity index is 534. The minimum absolute atomic E-state index is 0.370. The molecule has 3 nitrogen and oxygen atoms in total. The third kappa shape index (κ3) is 1.97. The Kier molecular flexibility index (Phi) is 2.74. The van der Waals surface area contributed by atoms with Crippen LogP contribution in [0.1, 0.15) is 0 Å². The van der Waals surface area contributed by atoms with Gasteiger partial charge in [0.1, 0.15) is 0 Å². The SMILES string of the molecule is CN(C)C1=CC2Sc3cc(N)ccc3NC2C=C1. The third-order valence-corrected chi connectivity index (χ3v) is 4.56. The molecule has 0 fully saturated rings. The molecule has 1 aliphatic carbocycles. The first-order valence-corrected chi connectivity index (χ1v) is 6.91. The van der Waals surface area contributed by atoms with Gasteiger partial charge in [-0.1, -0.05) is 6.08 Å². The van der Waals surface area contributed by atoms with E-state index in [4.69, 9.17) is 5.73 Å². The molecule has 2 aliphatic rings. The molecule has 2 atom stereocenters. The van der Waals surface area contributed by atoms with Gasteiger partial charge in [0, 0.05) is 36.1 Å². The van der Waals surface area contributed by atoms with E-state index in [1.807, 2.05) is 23.9 Å². The minimum Gasteiger partial charge on any atom is -0.399 e. The van der Waals surface area contributed by atoms with Crippen molar-refractivity contribution < 1.29 is 0 Å². The smallest absolute Gasteiger partial charge is 0.0606 e. The van der Waals surface area contributed by atoms with Crippen LogP contribution in [0.2, 0.25) is 0 Å². The summed E-state index contributed by atoms with van der Waals surface area (Å²) >= 11 is 1.88. The van der Waals surface area contributed by atoms with Crippen molar-refractivity contribution in [1.82, 2.24) is 4.90 Å². The highest BCUT2D eigenvalue weighted by Gasteiger charge is 2.28. The number of nitrogens with one attached hydrogen (secondary N) is 1. The Morgan fingerprint density at radius 3 is 2.94 bits per heavy atom. The van der Waals surface area contributed by atoms with Crippen molar-refractivity contribution in [2.45, 2.75) is 16.2 Å². The first kappa shape index (κ1) is 11.5. The fraction of sp³-hybridized carbons (Fsp3) is 0.286. The van der Waals surface area contributed by atoms with E-state index in [9.17, 15) is 0 Å². The van der Waals surface area contributed by atoms with Crippen LogP contribution in [0.5, 0.6) is 0 Å². The first-order chi connectivity index (χ1) is 8.63. The molecule has 3 N–H and O–H groups in total. The fourth-order valence-electron chi connectivity index (χ4n) is 2.26. The summed E-state index contributed by atoms with van der Waals surface area (Å²) < 4.78 is 0. The highest BCUT2D eigenvalue weighted by atomic mass is 32.2. The van der Waals surface area contributed by atoms with Crippen LogP contribution in [0.4, 0.5) is 11.4 Å². The summed E-state index contributed by atoms with van der Waals surface area (Å²) in [6, 6.07) is 6.42. The van der Waals surface area contributed by atoms with E-state index < -0.39 is 0 Å². The summed E-state index contributed by atoms with van der Waals surface area (Å²) in [5.41, 5.74) is 9.11. The van der Waals surface area contributed by atoms with Crippen LogP contribution in [0.3, 0.4) is 0 Å². The molecule has 0 aromatic heterocycles. The lowest BCUT2D eigenvalue weighted by Gasteiger charge is -2.34. The van der Waals surface area contributed by atoms with Crippen molar-refractivity contribution >= 4 is 23.1 Å². The number of nitrogens with zero attached hydrogens (tertiary/aromatic N) is 1. The number of thioether (sulfide) groups is 1. The van der Waals surface area contributed by atoms with Crippen molar-refractivity contribution in [2.24, 2.45) is 0 Å². The molecule has 1 aromatic carbocycles. The Morgan fingerprint density at radius 1 is 1.33 bits per heavy atom. The highest BCUT2D eigenvalue weighted by Crippen LogP contribution is 2.41. The fourth-order valence-corrected chi connectivity index (χ4v) is 3.52. The molecule has 1 aromatic rings. The lowest BCUT2D eigenvalue weighted by Crippen LogP contribution is -2.34. The van der Waals surface area contributed by atoms with Crippen LogP contribution in [0, 0.1) is 0 Å². The molecule has 0 saturated carbocycles. The molecule has 0 radical (unpaired) electrons. The Morgan fingerprint density at radius 2 is 2.17 bits per heavy atom. The maximum Gasteiger partial charge on any atom is 0.0606 e. The van der Waals surface area contributed by atoms with Gasteiger partial charge in [-0.3, -0.25) is 0 Å². The van der Waals surface area contributed by atoms with Crippen LogP contribution >= 0.6 is 11.8 Å². The molecule has 2 unspecified atom stereocenters. The highest BCUT2D eigenvalue weighted by molar-refractivity contribution is 8.00. The molecular weight excluding hydrogens is 242 g/mol. The summed E-state index contributed by atoms with van der Waals surface area (Å²) in [7, 11) is 4.15. The lowest BCUT2D eigenvalue weighted by atomic mass is 10.0. The van der Waals surface area contributed by atoms with Gasteiger partial charge in [0.25, 0.3) is 0 Å². The predicted molar refractivity (Wildman–Crippen MR) is 78.8 cm³/mol. The number of likely N-dealkylation sites (N-methyl/N-ethyl adjacent to an activating group) is 1. The quantitative estimate of drug-likeness (QED) is 0.761. The van der Waals surface area contributed by atoms with Gasteiger partial charge in [-0.25, -0.2) is 0 Å². The zero-order valence-corrected chi connectivity index (χ0v) is 11.4. The molecule has 4 heteroatoms. The Labute approximate surface area is 112 Å². The van der Waals surface area contributed by atoms with Gasteiger partial charge in [0.2, 0.25) is 0 Å². The van der Waals surface area contributed by atoms with E-state index >= 15 is 0 Å². The predicted octanol–water partition coefficient (Wildman–Crippen LogP) is 2.54. The largest absolute Gasteiger partial charge is 0.399 e. The average Bonchev–Trinajstić information content (AvgIpc) is 2.35. The van der Waals surface area contributed by atoms with Crippen molar-refractivity contribution in [3.05, 3.63) is 42.1 Å². The van der Waals surface area contributed by atoms with E-state index in [1.54, 1.807) is 0 Å². The van der Waals surface area contributed by atoms with E-state index in [0.717, 1.165) is 5.69 Å². The summed E-state index contributed by atoms with van der Waals surface area (Å²) in [5.74, 6) is 0. The second-order valence-corrected chi connectivity index (χ2v) is 6.07. The Balaban J connectivity index is 1.92. The lowest BCUT2D eigenvalue weighted by molar-refractivity contribution is 0.522. The molecular formula is C14H17N3S. The van der Waals surface area contributed by atoms with Crippen LogP contribution in [0.25, 0.3) is 0 Å². The number of rotatable bonds is 1. The number of benzene rings is 1. The van der Waals surface area contributed by atoms with Crippen molar-refractivity contribution in [3.63, 3.8) is 0 Å². The number of hydrogen-bond acceptors (Lipinski definition) is 4. The molecule has 1 aliphatic heterocycles. The van der Waals surface area contributed by atoms with E-state index in [0.29, 0.717) is 11.3 Å². The van der Waals surface area contributed by atoms with Gasteiger partial charge < -0.3 is 16.0 Å². The van der Waals surface area contributed by atoms with Crippen molar-refractivity contribution in [2.75, 3.05) is 25.1 Å². The Hall–Kier alpha value is -1.55. The van der Waals surface area contributed by atoms with Gasteiger partial charge in [0.05, 0.1) is 11.3 Å². The van der Waals surface area contributed by atoms with E-state index in [2.05, 4.69) is 48.6 Å². The number of nitrogens with two attached hydrogens (primary N) is 1. The van der Waals surface area contributed by atoms with Crippen molar-refractivity contribution in [1.29, 1.82) is 0 Å². The van der Waals surface area contributed by atoms with Crippen LogP contribution in [-0.2, 0) is 0 Å².